The average molecular weight is 395 g/mol. The summed E-state index contributed by atoms with van der Waals surface area (Å²) >= 11 is 12.0. The predicted octanol–water partition coefficient (Wildman–Crippen LogP) is 3.22. The van der Waals surface area contributed by atoms with Crippen LogP contribution in [-0.4, -0.2) is 34.6 Å². The molecule has 0 unspecified atom stereocenters. The molecule has 0 spiro atoms. The van der Waals surface area contributed by atoms with Crippen molar-refractivity contribution in [2.45, 2.75) is 25.9 Å². The first-order valence-electron chi connectivity index (χ1n) is 8.39. The third-order valence-electron chi connectivity index (χ3n) is 4.60. The molecule has 1 saturated heterocycles. The summed E-state index contributed by atoms with van der Waals surface area (Å²) < 4.78 is 7.36. The Morgan fingerprint density at radius 3 is 2.62 bits per heavy atom. The number of aryl methyl sites for hydroxylation is 2. The van der Waals surface area contributed by atoms with E-state index in [-0.39, 0.29) is 17.6 Å². The Morgan fingerprint density at radius 2 is 1.96 bits per heavy atom. The normalized spacial score (nSPS) is 14.2. The van der Waals surface area contributed by atoms with E-state index in [9.17, 15) is 9.59 Å². The molecular weight excluding hydrogens is 375 g/mol. The molecule has 3 rings (SSSR count). The van der Waals surface area contributed by atoms with Gasteiger partial charge in [-0.15, -0.1) is 0 Å². The summed E-state index contributed by atoms with van der Waals surface area (Å²) in [5, 5.41) is 1.16. The van der Waals surface area contributed by atoms with Crippen LogP contribution in [0.2, 0.25) is 10.0 Å². The number of ether oxygens (including phenoxy) is 1. The first-order valence-corrected chi connectivity index (χ1v) is 9.15. The minimum Gasteiger partial charge on any atom is -0.486 e. The molecule has 1 aromatic heterocycles. The summed E-state index contributed by atoms with van der Waals surface area (Å²) in [7, 11) is 1.72. The molecule has 0 radical (unpaired) electrons. The molecule has 2 heterocycles. The van der Waals surface area contributed by atoms with E-state index in [0.29, 0.717) is 41.7 Å². The molecule has 1 aromatic carbocycles. The molecule has 138 valence electrons. The number of likely N-dealkylation sites (tertiary alicyclic amines) is 1. The average Bonchev–Trinajstić information content (AvgIpc) is 2.54. The standard InChI is InChI=1S/C19H20Cl2N2O3/c1-12-7-15(9-19(25)22(12)2)26-16-10-23(11-16)18(24)6-4-13-3-5-14(20)8-17(13)21/h3,5,7-9,16H,4,6,10-11H2,1-2H3. The van der Waals surface area contributed by atoms with Crippen molar-refractivity contribution in [2.75, 3.05) is 13.1 Å². The van der Waals surface area contributed by atoms with Crippen molar-refractivity contribution in [3.63, 3.8) is 0 Å². The number of hydrogen-bond donors (Lipinski definition) is 0. The van der Waals surface area contributed by atoms with Crippen LogP contribution in [0.15, 0.2) is 35.1 Å². The summed E-state index contributed by atoms with van der Waals surface area (Å²) in [6, 6.07) is 8.60. The van der Waals surface area contributed by atoms with Gasteiger partial charge in [0.05, 0.1) is 13.1 Å². The van der Waals surface area contributed by atoms with E-state index < -0.39 is 0 Å². The van der Waals surface area contributed by atoms with Crippen molar-refractivity contribution >= 4 is 29.1 Å². The maximum absolute atomic E-state index is 12.3. The number of benzene rings is 1. The van der Waals surface area contributed by atoms with Crippen LogP contribution in [-0.2, 0) is 18.3 Å². The summed E-state index contributed by atoms with van der Waals surface area (Å²) in [6.45, 7) is 2.91. The minimum absolute atomic E-state index is 0.0658. The van der Waals surface area contributed by atoms with Gasteiger partial charge in [-0.2, -0.15) is 0 Å². The van der Waals surface area contributed by atoms with Gasteiger partial charge in [-0.1, -0.05) is 29.3 Å². The molecule has 5 nitrogen and oxygen atoms in total. The number of aromatic nitrogens is 1. The zero-order chi connectivity index (χ0) is 18.8. The predicted molar refractivity (Wildman–Crippen MR) is 102 cm³/mol. The smallest absolute Gasteiger partial charge is 0.254 e. The fourth-order valence-corrected chi connectivity index (χ4v) is 3.34. The van der Waals surface area contributed by atoms with Crippen molar-refractivity contribution in [1.82, 2.24) is 9.47 Å². The molecule has 0 saturated carbocycles. The number of hydrogen-bond acceptors (Lipinski definition) is 3. The number of halogens is 2. The number of rotatable bonds is 5. The monoisotopic (exact) mass is 394 g/mol. The highest BCUT2D eigenvalue weighted by molar-refractivity contribution is 6.35. The Labute approximate surface area is 162 Å². The van der Waals surface area contributed by atoms with Crippen LogP contribution < -0.4 is 10.3 Å². The Morgan fingerprint density at radius 1 is 1.23 bits per heavy atom. The Balaban J connectivity index is 1.48. The lowest BCUT2D eigenvalue weighted by atomic mass is 10.1. The number of carbonyl (C=O) groups is 1. The Kier molecular flexibility index (Phi) is 5.58. The SMILES string of the molecule is Cc1cc(OC2CN(C(=O)CCc3ccc(Cl)cc3Cl)C2)cc(=O)n1C. The molecule has 2 aromatic rings. The van der Waals surface area contributed by atoms with Gasteiger partial charge in [0.25, 0.3) is 5.56 Å². The third-order valence-corrected chi connectivity index (χ3v) is 5.19. The highest BCUT2D eigenvalue weighted by Crippen LogP contribution is 2.23. The van der Waals surface area contributed by atoms with E-state index in [4.69, 9.17) is 27.9 Å². The van der Waals surface area contributed by atoms with Gasteiger partial charge in [-0.05, 0) is 37.1 Å². The van der Waals surface area contributed by atoms with Gasteiger partial charge in [0.15, 0.2) is 0 Å². The lowest BCUT2D eigenvalue weighted by Gasteiger charge is -2.39. The van der Waals surface area contributed by atoms with Crippen molar-refractivity contribution in [2.24, 2.45) is 7.05 Å². The maximum Gasteiger partial charge on any atom is 0.254 e. The van der Waals surface area contributed by atoms with Crippen LogP contribution in [0.4, 0.5) is 0 Å². The topological polar surface area (TPSA) is 51.5 Å². The van der Waals surface area contributed by atoms with Crippen LogP contribution in [0, 0.1) is 6.92 Å². The molecule has 0 atom stereocenters. The first-order chi connectivity index (χ1) is 12.3. The van der Waals surface area contributed by atoms with Crippen molar-refractivity contribution in [1.29, 1.82) is 0 Å². The van der Waals surface area contributed by atoms with Crippen LogP contribution in [0.1, 0.15) is 17.7 Å². The quantitative estimate of drug-likeness (QED) is 0.781. The number of nitrogens with zero attached hydrogens (tertiary/aromatic N) is 2. The number of pyridine rings is 1. The van der Waals surface area contributed by atoms with E-state index in [2.05, 4.69) is 0 Å². The van der Waals surface area contributed by atoms with Gasteiger partial charge >= 0.3 is 0 Å². The Bertz CT molecular complexity index is 889. The molecule has 1 aliphatic heterocycles. The van der Waals surface area contributed by atoms with Gasteiger partial charge < -0.3 is 14.2 Å². The lowest BCUT2D eigenvalue weighted by molar-refractivity contribution is -0.139. The molecule has 26 heavy (non-hydrogen) atoms. The highest BCUT2D eigenvalue weighted by atomic mass is 35.5. The molecular formula is C19H20Cl2N2O3. The fraction of sp³-hybridized carbons (Fsp3) is 0.368. The maximum atomic E-state index is 12.3. The summed E-state index contributed by atoms with van der Waals surface area (Å²) in [5.74, 6) is 0.617. The second-order valence-corrected chi connectivity index (χ2v) is 7.35. The van der Waals surface area contributed by atoms with Crippen molar-refractivity contribution < 1.29 is 9.53 Å². The second-order valence-electron chi connectivity index (χ2n) is 6.50. The molecule has 0 bridgehead atoms. The zero-order valence-corrected chi connectivity index (χ0v) is 16.2. The fourth-order valence-electron chi connectivity index (χ4n) is 2.84. The number of amides is 1. The van der Waals surface area contributed by atoms with Gasteiger partial charge in [0.1, 0.15) is 11.9 Å². The van der Waals surface area contributed by atoms with Crippen LogP contribution in [0.5, 0.6) is 5.75 Å². The van der Waals surface area contributed by atoms with E-state index in [1.807, 2.05) is 19.1 Å². The molecule has 0 N–H and O–H groups in total. The molecule has 1 amide bonds. The number of carbonyl (C=O) groups excluding carboxylic acids is 1. The van der Waals surface area contributed by atoms with Crippen LogP contribution >= 0.6 is 23.2 Å². The largest absolute Gasteiger partial charge is 0.486 e. The summed E-state index contributed by atoms with van der Waals surface area (Å²) in [4.78, 5) is 25.8. The van der Waals surface area contributed by atoms with E-state index in [1.54, 1.807) is 28.6 Å². The van der Waals surface area contributed by atoms with E-state index in [1.165, 1.54) is 6.07 Å². The van der Waals surface area contributed by atoms with Gasteiger partial charge in [0.2, 0.25) is 5.91 Å². The molecule has 1 fully saturated rings. The van der Waals surface area contributed by atoms with Crippen molar-refractivity contribution in [3.8, 4) is 5.75 Å². The van der Waals surface area contributed by atoms with Crippen LogP contribution in [0.25, 0.3) is 0 Å². The van der Waals surface area contributed by atoms with E-state index in [0.717, 1.165) is 11.3 Å². The third kappa shape index (κ3) is 4.22. The first kappa shape index (κ1) is 18.8. The molecule has 0 aliphatic carbocycles. The lowest BCUT2D eigenvalue weighted by Crippen LogP contribution is -2.56. The van der Waals surface area contributed by atoms with Gasteiger partial charge in [-0.3, -0.25) is 9.59 Å². The second kappa shape index (κ2) is 7.72. The summed E-state index contributed by atoms with van der Waals surface area (Å²) in [5.41, 5.74) is 1.64. The molecule has 7 heteroatoms. The Hall–Kier alpha value is -1.98. The highest BCUT2D eigenvalue weighted by Gasteiger charge is 2.32. The zero-order valence-electron chi connectivity index (χ0n) is 14.7. The van der Waals surface area contributed by atoms with Crippen LogP contribution in [0.3, 0.4) is 0 Å². The minimum atomic E-state index is -0.105. The van der Waals surface area contributed by atoms with Crippen molar-refractivity contribution in [3.05, 3.63) is 62.0 Å². The van der Waals surface area contributed by atoms with Gasteiger partial charge in [0, 0.05) is 35.3 Å². The molecule has 1 aliphatic rings. The van der Waals surface area contributed by atoms with E-state index >= 15 is 0 Å². The van der Waals surface area contributed by atoms with Gasteiger partial charge in [-0.25, -0.2) is 0 Å². The summed E-state index contributed by atoms with van der Waals surface area (Å²) in [6.07, 6.45) is 0.883.